The summed E-state index contributed by atoms with van der Waals surface area (Å²) in [5.41, 5.74) is -0.338. The summed E-state index contributed by atoms with van der Waals surface area (Å²) in [7, 11) is -3.53. The molecule has 7 heteroatoms. The molecule has 1 aliphatic rings. The van der Waals surface area contributed by atoms with Crippen molar-refractivity contribution in [3.8, 4) is 5.75 Å². The zero-order valence-electron chi connectivity index (χ0n) is 11.8. The number of hydrogen-bond donors (Lipinski definition) is 2. The van der Waals surface area contributed by atoms with Crippen LogP contribution in [0.25, 0.3) is 0 Å². The van der Waals surface area contributed by atoms with Crippen LogP contribution in [-0.4, -0.2) is 31.6 Å². The van der Waals surface area contributed by atoms with E-state index in [2.05, 4.69) is 4.72 Å². The lowest BCUT2D eigenvalue weighted by Crippen LogP contribution is -2.50. The molecule has 0 aliphatic heterocycles. The van der Waals surface area contributed by atoms with Gasteiger partial charge >= 0.3 is 5.97 Å². The molecule has 0 bridgehead atoms. The molecule has 21 heavy (non-hydrogen) atoms. The number of benzene rings is 1. The Hall–Kier alpha value is -1.60. The predicted molar refractivity (Wildman–Crippen MR) is 76.8 cm³/mol. The van der Waals surface area contributed by atoms with Crippen LogP contribution in [0.3, 0.4) is 0 Å². The summed E-state index contributed by atoms with van der Waals surface area (Å²) in [6.07, 6.45) is 2.64. The minimum atomic E-state index is -3.53. The van der Waals surface area contributed by atoms with E-state index in [-0.39, 0.29) is 23.5 Å². The summed E-state index contributed by atoms with van der Waals surface area (Å²) in [6, 6.07) is 5.97. The van der Waals surface area contributed by atoms with Crippen molar-refractivity contribution in [2.45, 2.75) is 43.0 Å². The first-order valence-electron chi connectivity index (χ1n) is 6.79. The highest BCUT2D eigenvalue weighted by molar-refractivity contribution is 7.89. The van der Waals surface area contributed by atoms with Crippen LogP contribution in [0, 0.1) is 0 Å². The molecule has 0 saturated heterocycles. The van der Waals surface area contributed by atoms with Crippen LogP contribution in [-0.2, 0) is 14.8 Å². The first kappa shape index (κ1) is 15.8. The Morgan fingerprint density at radius 1 is 1.33 bits per heavy atom. The summed E-state index contributed by atoms with van der Waals surface area (Å²) in [5.74, 6) is -0.489. The molecule has 1 saturated carbocycles. The Morgan fingerprint density at radius 3 is 2.43 bits per heavy atom. The quantitative estimate of drug-likeness (QED) is 0.800. The minimum Gasteiger partial charge on any atom is -0.493 e. The van der Waals surface area contributed by atoms with Crippen LogP contribution in [0.4, 0.5) is 0 Å². The van der Waals surface area contributed by atoms with Crippen LogP contribution < -0.4 is 9.46 Å². The molecular weight excluding hydrogens is 294 g/mol. The van der Waals surface area contributed by atoms with E-state index in [4.69, 9.17) is 9.84 Å². The standard InChI is InChI=1S/C14H19NO5S/c1-14(8-2-9-14)15-21(18,19)12-5-3-11(4-6-12)20-10-7-13(16)17/h3-6,15H,2,7-10H2,1H3,(H,16,17). The maximum atomic E-state index is 12.2. The molecule has 2 rings (SSSR count). The predicted octanol–water partition coefficient (Wildman–Crippen LogP) is 1.76. The van der Waals surface area contributed by atoms with Crippen molar-refractivity contribution >= 4 is 16.0 Å². The highest BCUT2D eigenvalue weighted by atomic mass is 32.2. The minimum absolute atomic E-state index is 0.0533. The van der Waals surface area contributed by atoms with Crippen LogP contribution in [0.1, 0.15) is 32.6 Å². The molecule has 2 N–H and O–H groups in total. The van der Waals surface area contributed by atoms with Gasteiger partial charge in [0.2, 0.25) is 10.0 Å². The number of hydrogen-bond acceptors (Lipinski definition) is 4. The molecule has 6 nitrogen and oxygen atoms in total. The summed E-state index contributed by atoms with van der Waals surface area (Å²) in [6.45, 7) is 1.95. The average molecular weight is 313 g/mol. The van der Waals surface area contributed by atoms with Gasteiger partial charge in [-0.15, -0.1) is 0 Å². The van der Waals surface area contributed by atoms with E-state index in [1.807, 2.05) is 6.92 Å². The Balaban J connectivity index is 1.99. The molecule has 0 radical (unpaired) electrons. The summed E-state index contributed by atoms with van der Waals surface area (Å²) in [4.78, 5) is 10.6. The van der Waals surface area contributed by atoms with Gasteiger partial charge < -0.3 is 9.84 Å². The van der Waals surface area contributed by atoms with Gasteiger partial charge in [-0.2, -0.15) is 0 Å². The van der Waals surface area contributed by atoms with Crippen molar-refractivity contribution in [2.75, 3.05) is 6.61 Å². The lowest BCUT2D eigenvalue weighted by atomic mass is 9.80. The molecule has 1 aromatic carbocycles. The Kier molecular flexibility index (Phi) is 4.53. The molecule has 0 heterocycles. The third-order valence-corrected chi connectivity index (χ3v) is 5.21. The van der Waals surface area contributed by atoms with Gasteiger partial charge in [-0.05, 0) is 50.5 Å². The normalized spacial score (nSPS) is 17.0. The fraction of sp³-hybridized carbons (Fsp3) is 0.500. The lowest BCUT2D eigenvalue weighted by Gasteiger charge is -2.38. The van der Waals surface area contributed by atoms with Gasteiger partial charge in [-0.1, -0.05) is 0 Å². The third-order valence-electron chi connectivity index (χ3n) is 3.56. The second-order valence-electron chi connectivity index (χ2n) is 5.48. The maximum Gasteiger partial charge on any atom is 0.306 e. The Bertz CT molecular complexity index is 605. The molecule has 116 valence electrons. The number of nitrogens with one attached hydrogen (secondary N) is 1. The molecule has 1 fully saturated rings. The second-order valence-corrected chi connectivity index (χ2v) is 7.17. The first-order chi connectivity index (χ1) is 9.81. The zero-order chi connectivity index (χ0) is 15.5. The van der Waals surface area contributed by atoms with E-state index in [9.17, 15) is 13.2 Å². The molecule has 0 unspecified atom stereocenters. The number of carboxylic acid groups (broad SMARTS) is 1. The number of carbonyl (C=O) groups is 1. The van der Waals surface area contributed by atoms with Gasteiger partial charge in [0, 0.05) is 5.54 Å². The highest BCUT2D eigenvalue weighted by Crippen LogP contribution is 2.32. The second kappa shape index (κ2) is 6.03. The fourth-order valence-electron chi connectivity index (χ4n) is 2.16. The monoisotopic (exact) mass is 313 g/mol. The number of carboxylic acids is 1. The van der Waals surface area contributed by atoms with Crippen molar-refractivity contribution in [3.63, 3.8) is 0 Å². The summed E-state index contributed by atoms with van der Waals surface area (Å²) >= 11 is 0. The molecule has 0 atom stereocenters. The fourth-order valence-corrected chi connectivity index (χ4v) is 3.63. The lowest BCUT2D eigenvalue weighted by molar-refractivity contribution is -0.137. The van der Waals surface area contributed by atoms with Crippen LogP contribution in [0.15, 0.2) is 29.2 Å². The van der Waals surface area contributed by atoms with Gasteiger partial charge in [0.25, 0.3) is 0 Å². The number of sulfonamides is 1. The van der Waals surface area contributed by atoms with E-state index in [1.54, 1.807) is 0 Å². The van der Waals surface area contributed by atoms with Crippen LogP contribution >= 0.6 is 0 Å². The van der Waals surface area contributed by atoms with Crippen molar-refractivity contribution in [1.29, 1.82) is 0 Å². The van der Waals surface area contributed by atoms with Gasteiger partial charge in [0.15, 0.2) is 0 Å². The summed E-state index contributed by atoms with van der Waals surface area (Å²) < 4.78 is 32.4. The number of ether oxygens (including phenoxy) is 1. The average Bonchev–Trinajstić information content (AvgIpc) is 2.36. The van der Waals surface area contributed by atoms with Gasteiger partial charge in [0.05, 0.1) is 17.9 Å². The zero-order valence-corrected chi connectivity index (χ0v) is 12.6. The maximum absolute atomic E-state index is 12.2. The molecule has 0 amide bonds. The smallest absolute Gasteiger partial charge is 0.306 e. The summed E-state index contributed by atoms with van der Waals surface area (Å²) in [5, 5.41) is 8.51. The van der Waals surface area contributed by atoms with Gasteiger partial charge in [-0.3, -0.25) is 4.79 Å². The molecule has 1 aromatic rings. The van der Waals surface area contributed by atoms with Crippen molar-refractivity contribution in [3.05, 3.63) is 24.3 Å². The Labute approximate surface area is 124 Å². The van der Waals surface area contributed by atoms with Gasteiger partial charge in [-0.25, -0.2) is 13.1 Å². The highest BCUT2D eigenvalue weighted by Gasteiger charge is 2.36. The Morgan fingerprint density at radius 2 is 1.95 bits per heavy atom. The molecule has 1 aliphatic carbocycles. The molecule has 0 aromatic heterocycles. The van der Waals surface area contributed by atoms with Crippen molar-refractivity contribution in [1.82, 2.24) is 4.72 Å². The van der Waals surface area contributed by atoms with Crippen LogP contribution in [0.5, 0.6) is 5.75 Å². The van der Waals surface area contributed by atoms with E-state index in [1.165, 1.54) is 24.3 Å². The molecular formula is C14H19NO5S. The van der Waals surface area contributed by atoms with Gasteiger partial charge in [0.1, 0.15) is 5.75 Å². The van der Waals surface area contributed by atoms with Crippen molar-refractivity contribution < 1.29 is 23.1 Å². The van der Waals surface area contributed by atoms with E-state index in [0.717, 1.165) is 19.3 Å². The number of rotatable bonds is 7. The largest absolute Gasteiger partial charge is 0.493 e. The number of aliphatic carboxylic acids is 1. The molecule has 0 spiro atoms. The van der Waals surface area contributed by atoms with Crippen molar-refractivity contribution in [2.24, 2.45) is 0 Å². The third kappa shape index (κ3) is 4.18. The SMILES string of the molecule is CC1(NS(=O)(=O)c2ccc(OCCC(=O)O)cc2)CCC1. The van der Waals surface area contributed by atoms with E-state index < -0.39 is 16.0 Å². The topological polar surface area (TPSA) is 92.7 Å². The van der Waals surface area contributed by atoms with E-state index >= 15 is 0 Å². The van der Waals surface area contributed by atoms with E-state index in [0.29, 0.717) is 5.75 Å². The van der Waals surface area contributed by atoms with Crippen LogP contribution in [0.2, 0.25) is 0 Å². The first-order valence-corrected chi connectivity index (χ1v) is 8.28.